The first-order valence-corrected chi connectivity index (χ1v) is 9.54. The van der Waals surface area contributed by atoms with Gasteiger partial charge in [-0.2, -0.15) is 0 Å². The van der Waals surface area contributed by atoms with Crippen LogP contribution in [0, 0.1) is 0 Å². The molecule has 0 unspecified atom stereocenters. The van der Waals surface area contributed by atoms with Crippen LogP contribution in [-0.4, -0.2) is 35.1 Å². The van der Waals surface area contributed by atoms with Gasteiger partial charge in [-0.1, -0.05) is 42.5 Å². The summed E-state index contributed by atoms with van der Waals surface area (Å²) in [5.74, 6) is -0.126. The van der Waals surface area contributed by atoms with Crippen molar-refractivity contribution >= 4 is 22.8 Å². The predicted molar refractivity (Wildman–Crippen MR) is 106 cm³/mol. The van der Waals surface area contributed by atoms with Crippen molar-refractivity contribution in [1.29, 1.82) is 0 Å². The molecule has 0 aromatic heterocycles. The van der Waals surface area contributed by atoms with E-state index in [1.165, 1.54) is 0 Å². The Balaban J connectivity index is 1.73. The van der Waals surface area contributed by atoms with E-state index in [4.69, 9.17) is 4.74 Å². The second-order valence-corrected chi connectivity index (χ2v) is 8.13. The van der Waals surface area contributed by atoms with Gasteiger partial charge in [0.15, 0.2) is 0 Å². The largest absolute Gasteiger partial charge is 0.444 e. The molecule has 1 heterocycles. The fourth-order valence-electron chi connectivity index (χ4n) is 3.59. The predicted octanol–water partition coefficient (Wildman–Crippen LogP) is 4.42. The molecule has 1 aliphatic heterocycles. The lowest BCUT2D eigenvalue weighted by atomic mass is 9.99. The maximum atomic E-state index is 12.9. The number of likely N-dealkylation sites (tertiary alicyclic amines) is 1. The first kappa shape index (κ1) is 19.2. The summed E-state index contributed by atoms with van der Waals surface area (Å²) in [6.07, 6.45) is 1.05. The van der Waals surface area contributed by atoms with Crippen LogP contribution >= 0.6 is 0 Å². The summed E-state index contributed by atoms with van der Waals surface area (Å²) in [6.45, 7) is 8.03. The van der Waals surface area contributed by atoms with Crippen molar-refractivity contribution in [3.63, 3.8) is 0 Å². The number of carbonyl (C=O) groups excluding carboxylic acids is 2. The number of benzene rings is 2. The Kier molecular flexibility index (Phi) is 5.40. The molecule has 27 heavy (non-hydrogen) atoms. The molecular formula is C22H28N2O3. The number of nitrogens with zero attached hydrogens (tertiary/aromatic N) is 1. The maximum absolute atomic E-state index is 12.9. The summed E-state index contributed by atoms with van der Waals surface area (Å²) in [4.78, 5) is 26.9. The van der Waals surface area contributed by atoms with Crippen LogP contribution in [0.15, 0.2) is 42.5 Å². The van der Waals surface area contributed by atoms with Crippen LogP contribution < -0.4 is 5.32 Å². The third kappa shape index (κ3) is 4.41. The van der Waals surface area contributed by atoms with Crippen molar-refractivity contribution < 1.29 is 14.3 Å². The van der Waals surface area contributed by atoms with E-state index in [0.29, 0.717) is 13.0 Å². The lowest BCUT2D eigenvalue weighted by Crippen LogP contribution is -2.48. The van der Waals surface area contributed by atoms with Crippen LogP contribution in [0.5, 0.6) is 0 Å². The first-order chi connectivity index (χ1) is 12.8. The maximum Gasteiger partial charge on any atom is 0.410 e. The Morgan fingerprint density at radius 3 is 2.59 bits per heavy atom. The average Bonchev–Trinajstić information content (AvgIpc) is 3.10. The molecule has 0 spiro atoms. The van der Waals surface area contributed by atoms with Gasteiger partial charge in [-0.05, 0) is 56.9 Å². The summed E-state index contributed by atoms with van der Waals surface area (Å²) >= 11 is 0. The second kappa shape index (κ2) is 7.59. The monoisotopic (exact) mass is 368 g/mol. The number of hydrogen-bond acceptors (Lipinski definition) is 3. The Morgan fingerprint density at radius 1 is 1.15 bits per heavy atom. The molecule has 1 saturated heterocycles. The Morgan fingerprint density at radius 2 is 1.85 bits per heavy atom. The van der Waals surface area contributed by atoms with Crippen molar-refractivity contribution in [2.45, 2.75) is 58.2 Å². The van der Waals surface area contributed by atoms with Crippen LogP contribution in [0.3, 0.4) is 0 Å². The fraction of sp³-hybridized carbons (Fsp3) is 0.455. The minimum atomic E-state index is -0.572. The van der Waals surface area contributed by atoms with Crippen LogP contribution in [0.25, 0.3) is 10.8 Å². The summed E-state index contributed by atoms with van der Waals surface area (Å²) in [5, 5.41) is 5.36. The van der Waals surface area contributed by atoms with Gasteiger partial charge in [-0.25, -0.2) is 4.79 Å². The molecule has 2 atom stereocenters. The van der Waals surface area contributed by atoms with Gasteiger partial charge in [0.05, 0.1) is 6.04 Å². The normalized spacial score (nSPS) is 18.4. The zero-order valence-corrected chi connectivity index (χ0v) is 16.5. The average molecular weight is 368 g/mol. The fourth-order valence-corrected chi connectivity index (χ4v) is 3.59. The molecular weight excluding hydrogens is 340 g/mol. The van der Waals surface area contributed by atoms with Crippen molar-refractivity contribution in [2.24, 2.45) is 0 Å². The third-order valence-electron chi connectivity index (χ3n) is 4.83. The van der Waals surface area contributed by atoms with Gasteiger partial charge >= 0.3 is 6.09 Å². The van der Waals surface area contributed by atoms with Crippen molar-refractivity contribution in [1.82, 2.24) is 10.2 Å². The van der Waals surface area contributed by atoms with Gasteiger partial charge in [0.1, 0.15) is 11.6 Å². The van der Waals surface area contributed by atoms with Gasteiger partial charge in [-0.3, -0.25) is 9.69 Å². The van der Waals surface area contributed by atoms with Gasteiger partial charge in [0, 0.05) is 6.54 Å². The molecule has 5 heteroatoms. The molecule has 2 aromatic carbocycles. The number of nitrogens with one attached hydrogen (secondary N) is 1. The molecule has 0 radical (unpaired) electrons. The second-order valence-electron chi connectivity index (χ2n) is 8.13. The zero-order chi connectivity index (χ0) is 19.6. The Hall–Kier alpha value is -2.56. The van der Waals surface area contributed by atoms with Crippen LogP contribution in [-0.2, 0) is 9.53 Å². The van der Waals surface area contributed by atoms with Crippen LogP contribution in [0.2, 0.25) is 0 Å². The summed E-state index contributed by atoms with van der Waals surface area (Å²) in [7, 11) is 0. The van der Waals surface area contributed by atoms with E-state index in [1.807, 2.05) is 52.0 Å². The summed E-state index contributed by atoms with van der Waals surface area (Å²) < 4.78 is 5.46. The van der Waals surface area contributed by atoms with E-state index < -0.39 is 17.7 Å². The molecule has 2 aromatic rings. The standard InChI is InChI=1S/C22H28N2O3/c1-15(17-12-7-10-16-9-5-6-11-18(16)17)23-20(25)19-13-8-14-24(19)21(26)27-22(2,3)4/h5-7,9-12,15,19H,8,13-14H2,1-4H3,(H,23,25)/t15-,19-/m1/s1. The smallest absolute Gasteiger partial charge is 0.410 e. The number of ether oxygens (including phenoxy) is 1. The van der Waals surface area contributed by atoms with E-state index in [2.05, 4.69) is 23.5 Å². The molecule has 0 bridgehead atoms. The third-order valence-corrected chi connectivity index (χ3v) is 4.83. The number of carbonyl (C=O) groups is 2. The molecule has 144 valence electrons. The molecule has 0 aliphatic carbocycles. The number of hydrogen-bond donors (Lipinski definition) is 1. The number of rotatable bonds is 3. The number of fused-ring (bicyclic) bond motifs is 1. The highest BCUT2D eigenvalue weighted by atomic mass is 16.6. The Bertz CT molecular complexity index is 836. The molecule has 3 rings (SSSR count). The van der Waals surface area contributed by atoms with E-state index in [-0.39, 0.29) is 11.9 Å². The van der Waals surface area contributed by atoms with E-state index in [9.17, 15) is 9.59 Å². The van der Waals surface area contributed by atoms with Gasteiger partial charge in [0.25, 0.3) is 0 Å². The highest BCUT2D eigenvalue weighted by molar-refractivity contribution is 5.89. The van der Waals surface area contributed by atoms with Crippen molar-refractivity contribution in [3.05, 3.63) is 48.0 Å². The lowest BCUT2D eigenvalue weighted by Gasteiger charge is -2.29. The van der Waals surface area contributed by atoms with Crippen molar-refractivity contribution in [2.75, 3.05) is 6.54 Å². The molecule has 5 nitrogen and oxygen atoms in total. The van der Waals surface area contributed by atoms with E-state index >= 15 is 0 Å². The molecule has 1 N–H and O–H groups in total. The number of amides is 2. The van der Waals surface area contributed by atoms with Gasteiger partial charge in [0.2, 0.25) is 5.91 Å². The lowest BCUT2D eigenvalue weighted by molar-refractivity contribution is -0.126. The minimum Gasteiger partial charge on any atom is -0.444 e. The van der Waals surface area contributed by atoms with Gasteiger partial charge < -0.3 is 10.1 Å². The first-order valence-electron chi connectivity index (χ1n) is 9.54. The summed E-state index contributed by atoms with van der Waals surface area (Å²) in [6, 6.07) is 13.6. The Labute approximate surface area is 160 Å². The quantitative estimate of drug-likeness (QED) is 0.873. The highest BCUT2D eigenvalue weighted by Gasteiger charge is 2.37. The molecule has 0 saturated carbocycles. The van der Waals surface area contributed by atoms with Crippen molar-refractivity contribution in [3.8, 4) is 0 Å². The SMILES string of the molecule is C[C@@H](NC(=O)[C@H]1CCCN1C(=O)OC(C)(C)C)c1cccc2ccccc12. The molecule has 2 amide bonds. The van der Waals surface area contributed by atoms with Crippen LogP contribution in [0.1, 0.15) is 52.1 Å². The zero-order valence-electron chi connectivity index (χ0n) is 16.5. The van der Waals surface area contributed by atoms with Gasteiger partial charge in [-0.15, -0.1) is 0 Å². The minimum absolute atomic E-state index is 0.126. The van der Waals surface area contributed by atoms with Crippen LogP contribution in [0.4, 0.5) is 4.79 Å². The summed E-state index contributed by atoms with van der Waals surface area (Å²) in [5.41, 5.74) is 0.500. The van der Waals surface area contributed by atoms with E-state index in [0.717, 1.165) is 22.8 Å². The topological polar surface area (TPSA) is 58.6 Å². The van der Waals surface area contributed by atoms with E-state index in [1.54, 1.807) is 4.90 Å². The highest BCUT2D eigenvalue weighted by Crippen LogP contribution is 2.26. The molecule has 1 fully saturated rings. The molecule has 1 aliphatic rings.